The third-order valence-electron chi connectivity index (χ3n) is 3.76. The lowest BCUT2D eigenvalue weighted by Gasteiger charge is -2.37. The predicted molar refractivity (Wildman–Crippen MR) is 76.8 cm³/mol. The molecule has 1 fully saturated rings. The van der Waals surface area contributed by atoms with Crippen LogP contribution in [0.5, 0.6) is 0 Å². The Balaban J connectivity index is 0.00000200. The van der Waals surface area contributed by atoms with E-state index in [9.17, 15) is 13.6 Å². The van der Waals surface area contributed by atoms with Crippen LogP contribution in [0.1, 0.15) is 32.6 Å². The zero-order valence-corrected chi connectivity index (χ0v) is 12.1. The van der Waals surface area contributed by atoms with Crippen LogP contribution in [0.25, 0.3) is 0 Å². The highest BCUT2D eigenvalue weighted by atomic mass is 35.5. The van der Waals surface area contributed by atoms with Gasteiger partial charge in [0.15, 0.2) is 11.6 Å². The highest BCUT2D eigenvalue weighted by Crippen LogP contribution is 2.32. The van der Waals surface area contributed by atoms with Gasteiger partial charge in [-0.1, -0.05) is 12.8 Å². The zero-order chi connectivity index (χ0) is 14.0. The molecule has 2 rings (SSSR count). The van der Waals surface area contributed by atoms with Gasteiger partial charge in [0.25, 0.3) is 0 Å². The van der Waals surface area contributed by atoms with Gasteiger partial charge >= 0.3 is 0 Å². The monoisotopic (exact) mass is 304 g/mol. The fraction of sp³-hybridized carbons (Fsp3) is 0.500. The Morgan fingerprint density at radius 3 is 2.65 bits per heavy atom. The summed E-state index contributed by atoms with van der Waals surface area (Å²) in [4.78, 5) is 12.2. The van der Waals surface area contributed by atoms with Gasteiger partial charge in [-0.25, -0.2) is 8.78 Å². The van der Waals surface area contributed by atoms with Gasteiger partial charge in [0.2, 0.25) is 5.91 Å². The Morgan fingerprint density at radius 1 is 1.35 bits per heavy atom. The third-order valence-corrected chi connectivity index (χ3v) is 3.76. The molecule has 0 aromatic heterocycles. The summed E-state index contributed by atoms with van der Waals surface area (Å²) in [7, 11) is 0. The minimum Gasteiger partial charge on any atom is -0.326 e. The van der Waals surface area contributed by atoms with Crippen molar-refractivity contribution in [3.63, 3.8) is 0 Å². The number of anilines is 1. The van der Waals surface area contributed by atoms with Crippen LogP contribution in [0.3, 0.4) is 0 Å². The Morgan fingerprint density at radius 2 is 2.05 bits per heavy atom. The lowest BCUT2D eigenvalue weighted by Crippen LogP contribution is -2.51. The van der Waals surface area contributed by atoms with Crippen LogP contribution >= 0.6 is 12.4 Å². The van der Waals surface area contributed by atoms with Gasteiger partial charge in [-0.05, 0) is 31.9 Å². The van der Waals surface area contributed by atoms with Crippen LogP contribution < -0.4 is 11.1 Å². The number of carbonyl (C=O) groups is 1. The van der Waals surface area contributed by atoms with E-state index in [-0.39, 0.29) is 29.9 Å². The molecule has 0 spiro atoms. The standard InChI is InChI=1S/C14H18F2N2O.ClH/c1-14(17)7-3-2-4-10(14)13(19)18-9-5-6-11(15)12(16)8-9;/h5-6,8,10H,2-4,7,17H2,1H3,(H,18,19);1H. The first-order valence-electron chi connectivity index (χ1n) is 6.45. The van der Waals surface area contributed by atoms with Crippen molar-refractivity contribution in [1.82, 2.24) is 0 Å². The number of nitrogens with one attached hydrogen (secondary N) is 1. The van der Waals surface area contributed by atoms with Crippen molar-refractivity contribution in [2.24, 2.45) is 11.7 Å². The van der Waals surface area contributed by atoms with E-state index >= 15 is 0 Å². The van der Waals surface area contributed by atoms with Gasteiger partial charge in [0.1, 0.15) is 0 Å². The maximum Gasteiger partial charge on any atom is 0.229 e. The number of benzene rings is 1. The topological polar surface area (TPSA) is 55.1 Å². The fourth-order valence-electron chi connectivity index (χ4n) is 2.59. The van der Waals surface area contributed by atoms with Gasteiger partial charge in [-0.2, -0.15) is 0 Å². The van der Waals surface area contributed by atoms with Crippen molar-refractivity contribution in [1.29, 1.82) is 0 Å². The third kappa shape index (κ3) is 3.67. The maximum absolute atomic E-state index is 13.1. The highest BCUT2D eigenvalue weighted by molar-refractivity contribution is 5.93. The van der Waals surface area contributed by atoms with Crippen LogP contribution in [0.2, 0.25) is 0 Å². The van der Waals surface area contributed by atoms with Crippen LogP contribution in [0, 0.1) is 17.6 Å². The molecule has 1 saturated carbocycles. The summed E-state index contributed by atoms with van der Waals surface area (Å²) in [5.41, 5.74) is 5.85. The lowest BCUT2D eigenvalue weighted by molar-refractivity contribution is -0.122. The maximum atomic E-state index is 13.1. The van der Waals surface area contributed by atoms with E-state index in [4.69, 9.17) is 5.73 Å². The molecule has 2 unspecified atom stereocenters. The van der Waals surface area contributed by atoms with E-state index in [1.807, 2.05) is 6.92 Å². The predicted octanol–water partition coefficient (Wildman–Crippen LogP) is 3.23. The van der Waals surface area contributed by atoms with Crippen molar-refractivity contribution >= 4 is 24.0 Å². The first-order valence-corrected chi connectivity index (χ1v) is 6.45. The number of amides is 1. The number of carbonyl (C=O) groups excluding carboxylic acids is 1. The van der Waals surface area contributed by atoms with Crippen LogP contribution in [-0.2, 0) is 4.79 Å². The first-order chi connectivity index (χ1) is 8.90. The SMILES string of the molecule is CC1(N)CCCCC1C(=O)Nc1ccc(F)c(F)c1.Cl. The summed E-state index contributed by atoms with van der Waals surface area (Å²) in [6.07, 6.45) is 3.50. The van der Waals surface area contributed by atoms with E-state index < -0.39 is 17.2 Å². The number of hydrogen-bond donors (Lipinski definition) is 2. The Kier molecular flexibility index (Phi) is 5.48. The van der Waals surface area contributed by atoms with Gasteiger partial charge in [0.05, 0.1) is 5.92 Å². The average Bonchev–Trinajstić information content (AvgIpc) is 2.33. The quantitative estimate of drug-likeness (QED) is 0.881. The Hall–Kier alpha value is -1.20. The normalized spacial score (nSPS) is 25.7. The molecule has 1 aromatic rings. The summed E-state index contributed by atoms with van der Waals surface area (Å²) in [6, 6.07) is 3.31. The van der Waals surface area contributed by atoms with Crippen LogP contribution in [0.15, 0.2) is 18.2 Å². The van der Waals surface area contributed by atoms with Gasteiger partial charge in [-0.3, -0.25) is 4.79 Å². The second-order valence-electron chi connectivity index (χ2n) is 5.42. The van der Waals surface area contributed by atoms with Crippen molar-refractivity contribution in [2.45, 2.75) is 38.1 Å². The molecule has 1 amide bonds. The molecule has 3 nitrogen and oxygen atoms in total. The van der Waals surface area contributed by atoms with E-state index in [1.165, 1.54) is 6.07 Å². The fourth-order valence-corrected chi connectivity index (χ4v) is 2.59. The zero-order valence-electron chi connectivity index (χ0n) is 11.3. The molecular formula is C14H19ClF2N2O. The number of nitrogens with two attached hydrogens (primary N) is 1. The molecule has 3 N–H and O–H groups in total. The average molecular weight is 305 g/mol. The molecule has 112 valence electrons. The van der Waals surface area contributed by atoms with E-state index in [0.29, 0.717) is 0 Å². The molecule has 0 aliphatic heterocycles. The summed E-state index contributed by atoms with van der Waals surface area (Å²) >= 11 is 0. The molecule has 1 aliphatic carbocycles. The molecule has 6 heteroatoms. The molecule has 2 atom stereocenters. The Bertz CT molecular complexity index is 494. The van der Waals surface area contributed by atoms with Crippen molar-refractivity contribution in [3.05, 3.63) is 29.8 Å². The van der Waals surface area contributed by atoms with Crippen LogP contribution in [-0.4, -0.2) is 11.4 Å². The summed E-state index contributed by atoms with van der Waals surface area (Å²) in [5, 5.41) is 2.61. The molecule has 0 radical (unpaired) electrons. The second kappa shape index (κ2) is 6.50. The number of hydrogen-bond acceptors (Lipinski definition) is 2. The van der Waals surface area contributed by atoms with Crippen molar-refractivity contribution in [2.75, 3.05) is 5.32 Å². The first kappa shape index (κ1) is 16.9. The van der Waals surface area contributed by atoms with E-state index in [2.05, 4.69) is 5.32 Å². The molecular weight excluding hydrogens is 286 g/mol. The summed E-state index contributed by atoms with van der Waals surface area (Å²) in [6.45, 7) is 1.86. The van der Waals surface area contributed by atoms with Gasteiger partial charge in [0, 0.05) is 17.3 Å². The molecule has 0 saturated heterocycles. The van der Waals surface area contributed by atoms with Gasteiger partial charge in [-0.15, -0.1) is 12.4 Å². The molecule has 20 heavy (non-hydrogen) atoms. The lowest BCUT2D eigenvalue weighted by atomic mass is 9.74. The van der Waals surface area contributed by atoms with Crippen molar-refractivity contribution in [3.8, 4) is 0 Å². The molecule has 0 bridgehead atoms. The highest BCUT2D eigenvalue weighted by Gasteiger charge is 2.37. The molecule has 1 aliphatic rings. The molecule has 0 heterocycles. The van der Waals surface area contributed by atoms with Gasteiger partial charge < -0.3 is 11.1 Å². The summed E-state index contributed by atoms with van der Waals surface area (Å²) in [5.74, 6) is -2.43. The summed E-state index contributed by atoms with van der Waals surface area (Å²) < 4.78 is 25.9. The second-order valence-corrected chi connectivity index (χ2v) is 5.42. The smallest absolute Gasteiger partial charge is 0.229 e. The minimum atomic E-state index is -0.975. The largest absolute Gasteiger partial charge is 0.326 e. The van der Waals surface area contributed by atoms with Crippen LogP contribution in [0.4, 0.5) is 14.5 Å². The minimum absolute atomic E-state index is 0. The van der Waals surface area contributed by atoms with E-state index in [0.717, 1.165) is 37.8 Å². The number of rotatable bonds is 2. The number of halogens is 3. The van der Waals surface area contributed by atoms with E-state index in [1.54, 1.807) is 0 Å². The van der Waals surface area contributed by atoms with Crippen molar-refractivity contribution < 1.29 is 13.6 Å². The molecule has 1 aromatic carbocycles. The Labute approximate surface area is 123 Å².